The summed E-state index contributed by atoms with van der Waals surface area (Å²) in [7, 11) is 0. The smallest absolute Gasteiger partial charge is 0.221 e. The summed E-state index contributed by atoms with van der Waals surface area (Å²) in [6.07, 6.45) is 9.94. The van der Waals surface area contributed by atoms with Gasteiger partial charge in [-0.1, -0.05) is 25.7 Å². The summed E-state index contributed by atoms with van der Waals surface area (Å²) in [6, 6.07) is 0.768. The number of hydrogen-bond acceptors (Lipinski definition) is 2. The second kappa shape index (κ2) is 6.92. The van der Waals surface area contributed by atoms with Crippen molar-refractivity contribution in [1.29, 1.82) is 0 Å². The second-order valence-corrected chi connectivity index (χ2v) is 5.95. The maximum absolute atomic E-state index is 11.9. The van der Waals surface area contributed by atoms with Crippen molar-refractivity contribution in [2.75, 3.05) is 6.54 Å². The zero-order chi connectivity index (χ0) is 13.7. The Morgan fingerprint density at radius 2 is 1.68 bits per heavy atom. The number of hydrogen-bond donors (Lipinski definition) is 1. The lowest BCUT2D eigenvalue weighted by Crippen LogP contribution is -2.38. The number of amides is 2. The van der Waals surface area contributed by atoms with Gasteiger partial charge < -0.3 is 10.2 Å². The van der Waals surface area contributed by atoms with Crippen LogP contribution >= 0.6 is 0 Å². The van der Waals surface area contributed by atoms with Gasteiger partial charge >= 0.3 is 0 Å². The van der Waals surface area contributed by atoms with Crippen molar-refractivity contribution in [1.82, 2.24) is 10.2 Å². The van der Waals surface area contributed by atoms with Gasteiger partial charge in [0.15, 0.2) is 0 Å². The molecule has 0 aromatic rings. The van der Waals surface area contributed by atoms with Crippen LogP contribution < -0.4 is 5.32 Å². The predicted molar refractivity (Wildman–Crippen MR) is 74.7 cm³/mol. The molecule has 0 atom stereocenters. The van der Waals surface area contributed by atoms with Crippen LogP contribution in [-0.4, -0.2) is 35.3 Å². The fraction of sp³-hybridized carbons (Fsp3) is 0.867. The number of carbonyl (C=O) groups excluding carboxylic acids is 2. The lowest BCUT2D eigenvalue weighted by Gasteiger charge is -2.21. The summed E-state index contributed by atoms with van der Waals surface area (Å²) in [5.41, 5.74) is 0. The van der Waals surface area contributed by atoms with Gasteiger partial charge in [-0.3, -0.25) is 9.59 Å². The summed E-state index contributed by atoms with van der Waals surface area (Å²) in [5, 5.41) is 3.14. The Hall–Kier alpha value is -1.06. The molecule has 19 heavy (non-hydrogen) atoms. The summed E-state index contributed by atoms with van der Waals surface area (Å²) in [5.74, 6) is 0.212. The van der Waals surface area contributed by atoms with Crippen LogP contribution in [0.25, 0.3) is 0 Å². The van der Waals surface area contributed by atoms with E-state index < -0.39 is 0 Å². The molecule has 0 saturated heterocycles. The van der Waals surface area contributed by atoms with Crippen molar-refractivity contribution in [2.45, 2.75) is 76.8 Å². The predicted octanol–water partition coefficient (Wildman–Crippen LogP) is 2.23. The quantitative estimate of drug-likeness (QED) is 0.776. The molecule has 0 unspecified atom stereocenters. The molecule has 0 spiro atoms. The van der Waals surface area contributed by atoms with Crippen LogP contribution in [0.1, 0.15) is 64.7 Å². The molecule has 0 heterocycles. The van der Waals surface area contributed by atoms with E-state index in [9.17, 15) is 9.59 Å². The number of nitrogens with zero attached hydrogens (tertiary/aromatic N) is 1. The first-order valence-electron chi connectivity index (χ1n) is 7.73. The highest BCUT2D eigenvalue weighted by molar-refractivity contribution is 5.78. The molecule has 2 aliphatic rings. The maximum Gasteiger partial charge on any atom is 0.221 e. The highest BCUT2D eigenvalue weighted by Crippen LogP contribution is 2.26. The first-order valence-corrected chi connectivity index (χ1v) is 7.73. The zero-order valence-corrected chi connectivity index (χ0v) is 12.0. The summed E-state index contributed by atoms with van der Waals surface area (Å²) >= 11 is 0. The standard InChI is InChI=1S/C15H26N2O2/c1-12(18)17(14-8-9-14)11-10-15(19)16-13-6-4-2-3-5-7-13/h13-14H,2-11H2,1H3,(H,16,19). The number of nitrogens with one attached hydrogen (secondary N) is 1. The van der Waals surface area contributed by atoms with E-state index in [0.717, 1.165) is 25.7 Å². The Bertz CT molecular complexity index is 318. The molecule has 0 aromatic heterocycles. The number of carbonyl (C=O) groups is 2. The van der Waals surface area contributed by atoms with E-state index in [2.05, 4.69) is 5.32 Å². The van der Waals surface area contributed by atoms with Crippen molar-refractivity contribution in [3.63, 3.8) is 0 Å². The first-order chi connectivity index (χ1) is 9.16. The zero-order valence-electron chi connectivity index (χ0n) is 12.0. The molecule has 0 aliphatic heterocycles. The van der Waals surface area contributed by atoms with Gasteiger partial charge in [-0.15, -0.1) is 0 Å². The number of rotatable bonds is 5. The molecule has 2 aliphatic carbocycles. The van der Waals surface area contributed by atoms with Gasteiger partial charge in [0.25, 0.3) is 0 Å². The third-order valence-corrected chi connectivity index (χ3v) is 4.19. The Morgan fingerprint density at radius 3 is 2.21 bits per heavy atom. The van der Waals surface area contributed by atoms with E-state index in [-0.39, 0.29) is 11.8 Å². The minimum absolute atomic E-state index is 0.102. The normalized spacial score (nSPS) is 20.7. The molecular formula is C15H26N2O2. The molecule has 2 saturated carbocycles. The summed E-state index contributed by atoms with van der Waals surface area (Å²) < 4.78 is 0. The molecule has 1 N–H and O–H groups in total. The molecule has 108 valence electrons. The molecule has 0 radical (unpaired) electrons. The van der Waals surface area contributed by atoms with Gasteiger partial charge in [-0.05, 0) is 25.7 Å². The molecule has 4 heteroatoms. The largest absolute Gasteiger partial charge is 0.353 e. The van der Waals surface area contributed by atoms with E-state index in [1.165, 1.54) is 25.7 Å². The van der Waals surface area contributed by atoms with E-state index in [1.54, 1.807) is 6.92 Å². The van der Waals surface area contributed by atoms with Crippen LogP contribution in [0.3, 0.4) is 0 Å². The highest BCUT2D eigenvalue weighted by atomic mass is 16.2. The van der Waals surface area contributed by atoms with Crippen LogP contribution in [0.4, 0.5) is 0 Å². The lowest BCUT2D eigenvalue weighted by molar-refractivity contribution is -0.130. The average Bonchev–Trinajstić information content (AvgIpc) is 3.16. The highest BCUT2D eigenvalue weighted by Gasteiger charge is 2.30. The van der Waals surface area contributed by atoms with Crippen molar-refractivity contribution in [3.05, 3.63) is 0 Å². The van der Waals surface area contributed by atoms with E-state index in [4.69, 9.17) is 0 Å². The molecule has 0 aromatic carbocycles. The molecule has 2 fully saturated rings. The van der Waals surface area contributed by atoms with Crippen molar-refractivity contribution >= 4 is 11.8 Å². The van der Waals surface area contributed by atoms with Crippen LogP contribution in [0.15, 0.2) is 0 Å². The minimum Gasteiger partial charge on any atom is -0.353 e. The van der Waals surface area contributed by atoms with E-state index in [0.29, 0.717) is 25.0 Å². The topological polar surface area (TPSA) is 49.4 Å². The van der Waals surface area contributed by atoms with Crippen molar-refractivity contribution < 1.29 is 9.59 Å². The Morgan fingerprint density at radius 1 is 1.05 bits per heavy atom. The van der Waals surface area contributed by atoms with Gasteiger partial charge in [0, 0.05) is 32.0 Å². The monoisotopic (exact) mass is 266 g/mol. The third kappa shape index (κ3) is 4.84. The van der Waals surface area contributed by atoms with Crippen LogP contribution in [-0.2, 0) is 9.59 Å². The Kier molecular flexibility index (Phi) is 5.23. The first kappa shape index (κ1) is 14.4. The minimum atomic E-state index is 0.102. The maximum atomic E-state index is 11.9. The van der Waals surface area contributed by atoms with Crippen LogP contribution in [0.5, 0.6) is 0 Å². The fourth-order valence-electron chi connectivity index (χ4n) is 2.93. The molecular weight excluding hydrogens is 240 g/mol. The van der Waals surface area contributed by atoms with Crippen molar-refractivity contribution in [2.24, 2.45) is 0 Å². The average molecular weight is 266 g/mol. The Balaban J connectivity index is 1.69. The molecule has 0 bridgehead atoms. The second-order valence-electron chi connectivity index (χ2n) is 5.95. The molecule has 2 amide bonds. The van der Waals surface area contributed by atoms with Gasteiger partial charge in [0.05, 0.1) is 0 Å². The fourth-order valence-corrected chi connectivity index (χ4v) is 2.93. The van der Waals surface area contributed by atoms with E-state index in [1.807, 2.05) is 4.90 Å². The van der Waals surface area contributed by atoms with Crippen molar-refractivity contribution in [3.8, 4) is 0 Å². The molecule has 4 nitrogen and oxygen atoms in total. The van der Waals surface area contributed by atoms with Crippen LogP contribution in [0, 0.1) is 0 Å². The van der Waals surface area contributed by atoms with E-state index >= 15 is 0 Å². The molecule has 2 rings (SSSR count). The van der Waals surface area contributed by atoms with Gasteiger partial charge in [-0.2, -0.15) is 0 Å². The summed E-state index contributed by atoms with van der Waals surface area (Å²) in [6.45, 7) is 2.18. The van der Waals surface area contributed by atoms with Gasteiger partial charge in [-0.25, -0.2) is 0 Å². The lowest BCUT2D eigenvalue weighted by atomic mass is 10.1. The van der Waals surface area contributed by atoms with Crippen LogP contribution in [0.2, 0.25) is 0 Å². The SMILES string of the molecule is CC(=O)N(CCC(=O)NC1CCCCCC1)C1CC1. The Labute approximate surface area is 115 Å². The third-order valence-electron chi connectivity index (χ3n) is 4.19. The summed E-state index contributed by atoms with van der Waals surface area (Å²) in [4.78, 5) is 25.3. The van der Waals surface area contributed by atoms with Gasteiger partial charge in [0.2, 0.25) is 11.8 Å². The van der Waals surface area contributed by atoms with Gasteiger partial charge in [0.1, 0.15) is 0 Å².